The number of furan rings is 1. The highest BCUT2D eigenvalue weighted by Gasteiger charge is 2.38. The smallest absolute Gasteiger partial charge is 0.223 e. The van der Waals surface area contributed by atoms with E-state index >= 15 is 0 Å². The molecule has 1 amide bonds. The zero-order valence-corrected chi connectivity index (χ0v) is 18.0. The van der Waals surface area contributed by atoms with Gasteiger partial charge < -0.3 is 19.6 Å². The molecule has 2 fully saturated rings. The van der Waals surface area contributed by atoms with Crippen LogP contribution in [0, 0.1) is 11.8 Å². The molecule has 152 valence electrons. The largest absolute Gasteiger partial charge is 0.486 e. The summed E-state index contributed by atoms with van der Waals surface area (Å²) in [6.45, 7) is 3.76. The molecule has 1 aromatic carbocycles. The van der Waals surface area contributed by atoms with Crippen molar-refractivity contribution < 1.29 is 19.1 Å². The molecule has 5 nitrogen and oxygen atoms in total. The number of hydrogen-bond donors (Lipinski definition) is 2. The first kappa shape index (κ1) is 19.8. The van der Waals surface area contributed by atoms with Crippen LogP contribution in [0.2, 0.25) is 0 Å². The number of carbonyl (C=O) groups is 1. The number of rotatable bonds is 5. The van der Waals surface area contributed by atoms with E-state index in [0.717, 1.165) is 59.7 Å². The number of hydrogen-bond acceptors (Lipinski definition) is 4. The summed E-state index contributed by atoms with van der Waals surface area (Å²) in [5.74, 6) is 1.23. The average molecular weight is 450 g/mol. The number of carbonyl (C=O) groups excluding carboxylic acids is 1. The standard InChI is InChI=1S/C22H28BrNO4/c1-22(2,26)14-6-8-15(9-7-14)24-21(25)13-10-16(11-13)28-19-5-3-4-17-18(23)12-27-20(17)19/h3-5,12-16,26H,6-11H2,1-2H3,(H,24,25). The van der Waals surface area contributed by atoms with Crippen molar-refractivity contribution in [3.8, 4) is 5.75 Å². The number of nitrogens with one attached hydrogen (secondary N) is 1. The Morgan fingerprint density at radius 3 is 2.64 bits per heavy atom. The zero-order valence-electron chi connectivity index (χ0n) is 16.4. The summed E-state index contributed by atoms with van der Waals surface area (Å²) < 4.78 is 12.6. The first-order valence-corrected chi connectivity index (χ1v) is 11.0. The van der Waals surface area contributed by atoms with E-state index in [-0.39, 0.29) is 24.0 Å². The van der Waals surface area contributed by atoms with Crippen molar-refractivity contribution in [2.24, 2.45) is 11.8 Å². The summed E-state index contributed by atoms with van der Waals surface area (Å²) in [7, 11) is 0. The van der Waals surface area contributed by atoms with Gasteiger partial charge in [-0.3, -0.25) is 4.79 Å². The average Bonchev–Trinajstić information content (AvgIpc) is 2.99. The van der Waals surface area contributed by atoms with Gasteiger partial charge in [0.2, 0.25) is 5.91 Å². The fourth-order valence-electron chi connectivity index (χ4n) is 4.41. The molecule has 2 aromatic rings. The molecule has 28 heavy (non-hydrogen) atoms. The molecule has 4 rings (SSSR count). The molecule has 0 spiro atoms. The third kappa shape index (κ3) is 4.08. The third-order valence-electron chi connectivity index (χ3n) is 6.35. The van der Waals surface area contributed by atoms with Gasteiger partial charge in [0.05, 0.1) is 10.1 Å². The summed E-state index contributed by atoms with van der Waals surface area (Å²) in [5, 5.41) is 14.4. The molecule has 0 saturated heterocycles. The number of ether oxygens (including phenoxy) is 1. The minimum Gasteiger partial charge on any atom is -0.486 e. The van der Waals surface area contributed by atoms with Crippen LogP contribution in [-0.2, 0) is 4.79 Å². The molecule has 0 unspecified atom stereocenters. The van der Waals surface area contributed by atoms with Crippen LogP contribution in [0.15, 0.2) is 33.4 Å². The first-order valence-electron chi connectivity index (χ1n) is 10.2. The van der Waals surface area contributed by atoms with Crippen LogP contribution in [0.1, 0.15) is 52.4 Å². The first-order chi connectivity index (χ1) is 13.3. The van der Waals surface area contributed by atoms with Crippen molar-refractivity contribution >= 4 is 32.8 Å². The SMILES string of the molecule is CC(C)(O)C1CCC(NC(=O)C2CC(Oc3cccc4c(Br)coc34)C2)CC1. The summed E-state index contributed by atoms with van der Waals surface area (Å²) in [5.41, 5.74) is 0.116. The van der Waals surface area contributed by atoms with E-state index in [9.17, 15) is 9.90 Å². The van der Waals surface area contributed by atoms with Crippen LogP contribution in [0.5, 0.6) is 5.75 Å². The second-order valence-corrected chi connectivity index (χ2v) is 9.69. The van der Waals surface area contributed by atoms with Crippen molar-refractivity contribution in [3.05, 3.63) is 28.9 Å². The van der Waals surface area contributed by atoms with E-state index in [0.29, 0.717) is 5.92 Å². The minimum absolute atomic E-state index is 0.0274. The van der Waals surface area contributed by atoms with Crippen LogP contribution in [-0.4, -0.2) is 28.8 Å². The quantitative estimate of drug-likeness (QED) is 0.687. The van der Waals surface area contributed by atoms with Gasteiger partial charge in [0.1, 0.15) is 12.4 Å². The Bertz CT molecular complexity index is 842. The highest BCUT2D eigenvalue weighted by atomic mass is 79.9. The van der Waals surface area contributed by atoms with E-state index in [2.05, 4.69) is 21.2 Å². The predicted octanol–water partition coefficient (Wildman–Crippen LogP) is 4.80. The number of aliphatic hydroxyl groups is 1. The van der Waals surface area contributed by atoms with Crippen molar-refractivity contribution in [2.75, 3.05) is 0 Å². The van der Waals surface area contributed by atoms with Crippen molar-refractivity contribution in [3.63, 3.8) is 0 Å². The molecular weight excluding hydrogens is 422 g/mol. The molecule has 2 aliphatic carbocycles. The third-order valence-corrected chi connectivity index (χ3v) is 6.96. The van der Waals surface area contributed by atoms with Gasteiger partial charge in [0, 0.05) is 17.3 Å². The second-order valence-electron chi connectivity index (χ2n) is 8.84. The molecule has 0 atom stereocenters. The number of halogens is 1. The number of amides is 1. The van der Waals surface area contributed by atoms with Crippen LogP contribution in [0.25, 0.3) is 11.0 Å². The molecule has 0 aliphatic heterocycles. The summed E-state index contributed by atoms with van der Waals surface area (Å²) in [6.07, 6.45) is 7.02. The van der Waals surface area contributed by atoms with Crippen molar-refractivity contribution in [1.29, 1.82) is 0 Å². The number of para-hydroxylation sites is 1. The van der Waals surface area contributed by atoms with E-state index in [1.807, 2.05) is 32.0 Å². The molecular formula is C22H28BrNO4. The van der Waals surface area contributed by atoms with E-state index in [4.69, 9.17) is 9.15 Å². The van der Waals surface area contributed by atoms with Gasteiger partial charge in [0.25, 0.3) is 0 Å². The summed E-state index contributed by atoms with van der Waals surface area (Å²) in [4.78, 5) is 12.5. The van der Waals surface area contributed by atoms with Gasteiger partial charge in [0.15, 0.2) is 11.3 Å². The van der Waals surface area contributed by atoms with Gasteiger partial charge in [-0.25, -0.2) is 0 Å². The molecule has 2 saturated carbocycles. The molecule has 2 N–H and O–H groups in total. The Kier molecular flexibility index (Phi) is 5.45. The Morgan fingerprint density at radius 2 is 1.96 bits per heavy atom. The van der Waals surface area contributed by atoms with Gasteiger partial charge in [-0.2, -0.15) is 0 Å². The van der Waals surface area contributed by atoms with Gasteiger partial charge in [-0.15, -0.1) is 0 Å². The Labute approximate surface area is 173 Å². The normalized spacial score (nSPS) is 28.0. The highest BCUT2D eigenvalue weighted by Crippen LogP contribution is 2.38. The maximum atomic E-state index is 12.5. The van der Waals surface area contributed by atoms with Crippen LogP contribution in [0.3, 0.4) is 0 Å². The molecule has 0 radical (unpaired) electrons. The Morgan fingerprint density at radius 1 is 1.25 bits per heavy atom. The van der Waals surface area contributed by atoms with Crippen LogP contribution >= 0.6 is 15.9 Å². The number of benzene rings is 1. The lowest BCUT2D eigenvalue weighted by Gasteiger charge is -2.38. The lowest BCUT2D eigenvalue weighted by Crippen LogP contribution is -2.48. The molecule has 0 bridgehead atoms. The maximum Gasteiger partial charge on any atom is 0.223 e. The van der Waals surface area contributed by atoms with Crippen LogP contribution in [0.4, 0.5) is 0 Å². The monoisotopic (exact) mass is 449 g/mol. The topological polar surface area (TPSA) is 71.7 Å². The molecule has 2 aliphatic rings. The fraction of sp³-hybridized carbons (Fsp3) is 0.591. The van der Waals surface area contributed by atoms with Crippen molar-refractivity contribution in [2.45, 2.75) is 70.1 Å². The summed E-state index contributed by atoms with van der Waals surface area (Å²) in [6, 6.07) is 6.08. The Balaban J connectivity index is 1.25. The van der Waals surface area contributed by atoms with Gasteiger partial charge in [-0.1, -0.05) is 6.07 Å². The molecule has 1 heterocycles. The van der Waals surface area contributed by atoms with E-state index < -0.39 is 5.60 Å². The minimum atomic E-state index is -0.625. The zero-order chi connectivity index (χ0) is 19.9. The second kappa shape index (κ2) is 7.71. The fourth-order valence-corrected chi connectivity index (χ4v) is 4.82. The van der Waals surface area contributed by atoms with Gasteiger partial charge in [-0.05, 0) is 86.4 Å². The lowest BCUT2D eigenvalue weighted by molar-refractivity contribution is -0.131. The van der Waals surface area contributed by atoms with Crippen molar-refractivity contribution in [1.82, 2.24) is 5.32 Å². The predicted molar refractivity (Wildman–Crippen MR) is 111 cm³/mol. The molecule has 6 heteroatoms. The van der Waals surface area contributed by atoms with E-state index in [1.165, 1.54) is 0 Å². The van der Waals surface area contributed by atoms with E-state index in [1.54, 1.807) is 6.26 Å². The van der Waals surface area contributed by atoms with Crippen LogP contribution < -0.4 is 10.1 Å². The molecule has 1 aromatic heterocycles. The van der Waals surface area contributed by atoms with Gasteiger partial charge >= 0.3 is 0 Å². The Hall–Kier alpha value is -1.53. The summed E-state index contributed by atoms with van der Waals surface area (Å²) >= 11 is 3.47. The maximum absolute atomic E-state index is 12.5. The lowest BCUT2D eigenvalue weighted by atomic mass is 9.76. The highest BCUT2D eigenvalue weighted by molar-refractivity contribution is 9.10. The number of fused-ring (bicyclic) bond motifs is 1.